The quantitative estimate of drug-likeness (QED) is 0.710. The lowest BCUT2D eigenvalue weighted by molar-refractivity contribution is 0.202. The highest BCUT2D eigenvalue weighted by molar-refractivity contribution is 7.91. The predicted molar refractivity (Wildman–Crippen MR) is 98.6 cm³/mol. The van der Waals surface area contributed by atoms with Crippen LogP contribution in [0.2, 0.25) is 0 Å². The smallest absolute Gasteiger partial charge is 0.179 e. The van der Waals surface area contributed by atoms with E-state index in [1.165, 1.54) is 13.2 Å². The third-order valence-electron chi connectivity index (χ3n) is 4.11. The molecule has 0 aliphatic heterocycles. The van der Waals surface area contributed by atoms with E-state index in [-0.39, 0.29) is 22.2 Å². The van der Waals surface area contributed by atoms with E-state index in [1.54, 1.807) is 25.3 Å². The molecule has 0 atom stereocenters. The van der Waals surface area contributed by atoms with Crippen molar-refractivity contribution in [1.29, 1.82) is 0 Å². The molecule has 0 aliphatic rings. The molecule has 0 saturated carbocycles. The van der Waals surface area contributed by atoms with Crippen LogP contribution in [0.15, 0.2) is 45.7 Å². The average molecular weight is 376 g/mol. The van der Waals surface area contributed by atoms with Crippen LogP contribution in [0.1, 0.15) is 5.56 Å². The first kappa shape index (κ1) is 18.3. The Balaban J connectivity index is 2.25. The molecule has 1 heterocycles. The summed E-state index contributed by atoms with van der Waals surface area (Å²) < 4.78 is 41.0. The molecule has 0 spiro atoms. The lowest BCUT2D eigenvalue weighted by atomic mass is 10.1. The number of phenols is 1. The second-order valence-corrected chi connectivity index (χ2v) is 7.94. The fraction of sp³-hybridized carbons (Fsp3) is 0.263. The Labute approximate surface area is 151 Å². The van der Waals surface area contributed by atoms with E-state index in [2.05, 4.69) is 0 Å². The molecule has 3 aromatic rings. The van der Waals surface area contributed by atoms with Gasteiger partial charge in [-0.1, -0.05) is 6.07 Å². The van der Waals surface area contributed by atoms with Gasteiger partial charge in [0.15, 0.2) is 27.1 Å². The van der Waals surface area contributed by atoms with Crippen LogP contribution < -0.4 is 4.74 Å². The van der Waals surface area contributed by atoms with E-state index in [4.69, 9.17) is 13.9 Å². The van der Waals surface area contributed by atoms with Crippen LogP contribution in [0.4, 0.5) is 0 Å². The molecule has 3 rings (SSSR count). The summed E-state index contributed by atoms with van der Waals surface area (Å²) in [4.78, 5) is 0.125. The first-order valence-corrected chi connectivity index (χ1v) is 9.86. The van der Waals surface area contributed by atoms with Crippen molar-refractivity contribution in [3.05, 3.63) is 42.0 Å². The van der Waals surface area contributed by atoms with Gasteiger partial charge in [-0.25, -0.2) is 8.42 Å². The zero-order valence-electron chi connectivity index (χ0n) is 14.8. The minimum atomic E-state index is -3.56. The fourth-order valence-corrected chi connectivity index (χ4v) is 3.93. The van der Waals surface area contributed by atoms with Crippen LogP contribution >= 0.6 is 0 Å². The number of methoxy groups -OCH3 is 2. The van der Waals surface area contributed by atoms with Gasteiger partial charge in [0.2, 0.25) is 0 Å². The molecule has 1 aromatic heterocycles. The van der Waals surface area contributed by atoms with Crippen molar-refractivity contribution < 1.29 is 27.4 Å². The van der Waals surface area contributed by atoms with Crippen LogP contribution in [0, 0.1) is 0 Å². The summed E-state index contributed by atoms with van der Waals surface area (Å²) in [5.74, 6) is 0.433. The molecule has 6 nitrogen and oxygen atoms in total. The zero-order chi connectivity index (χ0) is 18.9. The van der Waals surface area contributed by atoms with Crippen molar-refractivity contribution in [2.75, 3.05) is 27.1 Å². The second-order valence-electron chi connectivity index (χ2n) is 5.99. The van der Waals surface area contributed by atoms with E-state index < -0.39 is 9.84 Å². The Bertz CT molecular complexity index is 1050. The molecule has 26 heavy (non-hydrogen) atoms. The summed E-state index contributed by atoms with van der Waals surface area (Å²) in [5, 5.41) is 10.3. The van der Waals surface area contributed by atoms with Crippen LogP contribution in [-0.4, -0.2) is 40.6 Å². The Morgan fingerprint density at radius 1 is 1.12 bits per heavy atom. The molecule has 7 heteroatoms. The van der Waals surface area contributed by atoms with Crippen LogP contribution in [-0.2, 0) is 21.0 Å². The highest BCUT2D eigenvalue weighted by Crippen LogP contribution is 2.40. The third kappa shape index (κ3) is 3.40. The van der Waals surface area contributed by atoms with E-state index in [9.17, 15) is 13.5 Å². The molecular formula is C19H20O6S. The molecule has 0 amide bonds. The van der Waals surface area contributed by atoms with Crippen molar-refractivity contribution in [3.63, 3.8) is 0 Å². The van der Waals surface area contributed by atoms with E-state index in [1.807, 2.05) is 12.1 Å². The number of hydrogen-bond donors (Lipinski definition) is 1. The van der Waals surface area contributed by atoms with Gasteiger partial charge >= 0.3 is 0 Å². The number of benzene rings is 2. The Morgan fingerprint density at radius 2 is 1.88 bits per heavy atom. The maximum atomic E-state index is 12.5. The van der Waals surface area contributed by atoms with Crippen molar-refractivity contribution in [1.82, 2.24) is 0 Å². The second kappa shape index (κ2) is 7.01. The first-order valence-electron chi connectivity index (χ1n) is 7.97. The molecule has 0 fully saturated rings. The zero-order valence-corrected chi connectivity index (χ0v) is 15.6. The van der Waals surface area contributed by atoms with Crippen LogP contribution in [0.3, 0.4) is 0 Å². The van der Waals surface area contributed by atoms with E-state index >= 15 is 0 Å². The molecule has 0 unspecified atom stereocenters. The number of sulfone groups is 1. The lowest BCUT2D eigenvalue weighted by Gasteiger charge is -2.06. The molecule has 0 aliphatic carbocycles. The number of fused-ring (bicyclic) bond motifs is 1. The van der Waals surface area contributed by atoms with Gasteiger partial charge < -0.3 is 19.0 Å². The van der Waals surface area contributed by atoms with Gasteiger partial charge in [0.05, 0.1) is 13.7 Å². The summed E-state index contributed by atoms with van der Waals surface area (Å²) in [6, 6.07) is 10.0. The minimum absolute atomic E-state index is 0.0323. The summed E-state index contributed by atoms with van der Waals surface area (Å²) >= 11 is 0. The SMILES string of the molecule is COCCc1ccc2oc(-c3ccc(O)c(OC)c3)c(S(C)(=O)=O)c2c1. The lowest BCUT2D eigenvalue weighted by Crippen LogP contribution is -1.99. The van der Waals surface area contributed by atoms with E-state index in [0.717, 1.165) is 11.8 Å². The Hall–Kier alpha value is -2.51. The van der Waals surface area contributed by atoms with Crippen molar-refractivity contribution in [3.8, 4) is 22.8 Å². The third-order valence-corrected chi connectivity index (χ3v) is 5.26. The number of aromatic hydroxyl groups is 1. The van der Waals surface area contributed by atoms with Gasteiger partial charge in [0.1, 0.15) is 10.5 Å². The van der Waals surface area contributed by atoms with Crippen LogP contribution in [0.5, 0.6) is 11.5 Å². The standard InChI is InChI=1S/C19H20O6S/c1-23-9-8-12-4-7-16-14(10-12)19(26(3,21)22)18(25-16)13-5-6-15(20)17(11-13)24-2/h4-7,10-11,20H,8-9H2,1-3H3. The number of phenolic OH excluding ortho intramolecular Hbond substituents is 1. The minimum Gasteiger partial charge on any atom is -0.504 e. The monoisotopic (exact) mass is 376 g/mol. The molecule has 0 bridgehead atoms. The summed E-state index contributed by atoms with van der Waals surface area (Å²) in [5.41, 5.74) is 1.95. The van der Waals surface area contributed by atoms with Gasteiger partial charge in [0.25, 0.3) is 0 Å². The topological polar surface area (TPSA) is 86.0 Å². The Morgan fingerprint density at radius 3 is 2.54 bits per heavy atom. The normalized spacial score (nSPS) is 11.8. The maximum absolute atomic E-state index is 12.5. The average Bonchev–Trinajstić information content (AvgIpc) is 2.99. The molecule has 138 valence electrons. The predicted octanol–water partition coefficient (Wildman–Crippen LogP) is 3.41. The summed E-state index contributed by atoms with van der Waals surface area (Å²) in [6.07, 6.45) is 1.82. The van der Waals surface area contributed by atoms with E-state index in [0.29, 0.717) is 29.6 Å². The molecule has 0 radical (unpaired) electrons. The largest absolute Gasteiger partial charge is 0.504 e. The van der Waals surface area contributed by atoms with Gasteiger partial charge in [-0.2, -0.15) is 0 Å². The molecule has 0 saturated heterocycles. The fourth-order valence-electron chi connectivity index (χ4n) is 2.87. The summed E-state index contributed by atoms with van der Waals surface area (Å²) in [7, 11) is -0.513. The van der Waals surface area contributed by atoms with Gasteiger partial charge in [-0.3, -0.25) is 0 Å². The van der Waals surface area contributed by atoms with Crippen molar-refractivity contribution in [2.45, 2.75) is 11.3 Å². The Kier molecular flexibility index (Phi) is 4.93. The maximum Gasteiger partial charge on any atom is 0.179 e. The highest BCUT2D eigenvalue weighted by Gasteiger charge is 2.24. The van der Waals surface area contributed by atoms with Crippen molar-refractivity contribution in [2.24, 2.45) is 0 Å². The van der Waals surface area contributed by atoms with Gasteiger partial charge in [0, 0.05) is 24.3 Å². The highest BCUT2D eigenvalue weighted by atomic mass is 32.2. The number of furan rings is 1. The molecular weight excluding hydrogens is 356 g/mol. The number of rotatable bonds is 6. The number of ether oxygens (including phenoxy) is 2. The first-order chi connectivity index (χ1) is 12.3. The van der Waals surface area contributed by atoms with Crippen LogP contribution in [0.25, 0.3) is 22.3 Å². The molecule has 1 N–H and O–H groups in total. The van der Waals surface area contributed by atoms with Gasteiger partial charge in [-0.15, -0.1) is 0 Å². The van der Waals surface area contributed by atoms with Gasteiger partial charge in [-0.05, 0) is 42.3 Å². The molecule has 2 aromatic carbocycles. The van der Waals surface area contributed by atoms with Crippen molar-refractivity contribution >= 4 is 20.8 Å². The summed E-state index contributed by atoms with van der Waals surface area (Å²) in [6.45, 7) is 0.541. The number of hydrogen-bond acceptors (Lipinski definition) is 6.